The van der Waals surface area contributed by atoms with Gasteiger partial charge in [-0.1, -0.05) is 48.0 Å². The molecule has 194 valence electrons. The molecule has 3 rings (SSSR count). The highest BCUT2D eigenvalue weighted by Crippen LogP contribution is 2.37. The van der Waals surface area contributed by atoms with Crippen LogP contribution in [0.15, 0.2) is 72.4 Å². The average Bonchev–Trinajstić information content (AvgIpc) is 2.88. The maximum atomic E-state index is 12.6. The molecular weight excluding hydrogens is 515 g/mol. The van der Waals surface area contributed by atoms with Gasteiger partial charge in [0.2, 0.25) is 0 Å². The van der Waals surface area contributed by atoms with E-state index in [1.54, 1.807) is 48.5 Å². The Morgan fingerprint density at radius 1 is 0.919 bits per heavy atom. The summed E-state index contributed by atoms with van der Waals surface area (Å²) < 4.78 is 22.8. The number of hydrogen-bond acceptors (Lipinski definition) is 6. The van der Waals surface area contributed by atoms with Crippen LogP contribution in [0.2, 0.25) is 10.0 Å². The molecule has 0 aromatic heterocycles. The molecule has 0 saturated heterocycles. The number of halogens is 2. The van der Waals surface area contributed by atoms with Crippen molar-refractivity contribution in [3.05, 3.63) is 94.0 Å². The Labute approximate surface area is 226 Å². The van der Waals surface area contributed by atoms with E-state index in [-0.39, 0.29) is 0 Å². The van der Waals surface area contributed by atoms with Crippen molar-refractivity contribution in [1.29, 1.82) is 0 Å². The van der Waals surface area contributed by atoms with Crippen molar-refractivity contribution in [2.24, 2.45) is 5.10 Å². The predicted molar refractivity (Wildman–Crippen MR) is 147 cm³/mol. The fourth-order valence-electron chi connectivity index (χ4n) is 3.22. The van der Waals surface area contributed by atoms with E-state index in [4.69, 9.17) is 42.1 Å². The highest BCUT2D eigenvalue weighted by molar-refractivity contribution is 6.32. The van der Waals surface area contributed by atoms with Gasteiger partial charge in [-0.3, -0.25) is 4.79 Å². The molecule has 0 radical (unpaired) electrons. The zero-order chi connectivity index (χ0) is 26.6. The normalized spacial score (nSPS) is 10.7. The summed E-state index contributed by atoms with van der Waals surface area (Å²) in [7, 11) is 0. The minimum Gasteiger partial charge on any atom is -0.490 e. The molecule has 0 aliphatic carbocycles. The second kappa shape index (κ2) is 14.2. The van der Waals surface area contributed by atoms with Gasteiger partial charge in [0.25, 0.3) is 5.91 Å². The number of ether oxygens (including phenoxy) is 4. The first-order chi connectivity index (χ1) is 17.9. The summed E-state index contributed by atoms with van der Waals surface area (Å²) >= 11 is 12.4. The molecular formula is C28H28Cl2N2O5. The summed E-state index contributed by atoms with van der Waals surface area (Å²) in [6, 6.07) is 15.6. The standard InChI is InChI=1S/C28H28Cl2N2O5/c1-4-13-36-24-12-9-21(16-25(24)34-5-2)28(33)32-31-17-20-14-23(30)27(26(15-20)35-6-3)37-18-19-7-10-22(29)11-8-19/h4,7-12,14-17H,1,5-6,13,18H2,2-3H3,(H,32,33)/b31-17+. The second-order valence-electron chi connectivity index (χ2n) is 7.57. The Hall–Kier alpha value is -3.68. The van der Waals surface area contributed by atoms with E-state index in [9.17, 15) is 4.79 Å². The van der Waals surface area contributed by atoms with E-state index in [2.05, 4.69) is 17.1 Å². The lowest BCUT2D eigenvalue weighted by Crippen LogP contribution is -2.17. The lowest BCUT2D eigenvalue weighted by molar-refractivity contribution is 0.0954. The van der Waals surface area contributed by atoms with Crippen LogP contribution in [0, 0.1) is 0 Å². The van der Waals surface area contributed by atoms with Gasteiger partial charge in [0.1, 0.15) is 13.2 Å². The van der Waals surface area contributed by atoms with Gasteiger partial charge in [-0.25, -0.2) is 5.43 Å². The van der Waals surface area contributed by atoms with Gasteiger partial charge in [-0.15, -0.1) is 0 Å². The van der Waals surface area contributed by atoms with Crippen LogP contribution in [0.3, 0.4) is 0 Å². The maximum Gasteiger partial charge on any atom is 0.271 e. The lowest BCUT2D eigenvalue weighted by atomic mass is 10.2. The molecule has 9 heteroatoms. The summed E-state index contributed by atoms with van der Waals surface area (Å²) in [4.78, 5) is 12.6. The van der Waals surface area contributed by atoms with Crippen LogP contribution in [-0.4, -0.2) is 31.9 Å². The molecule has 7 nitrogen and oxygen atoms in total. The van der Waals surface area contributed by atoms with E-state index < -0.39 is 5.91 Å². The van der Waals surface area contributed by atoms with Gasteiger partial charge in [0, 0.05) is 10.6 Å². The molecule has 3 aromatic carbocycles. The zero-order valence-corrected chi connectivity index (χ0v) is 22.1. The van der Waals surface area contributed by atoms with Crippen molar-refractivity contribution in [3.8, 4) is 23.0 Å². The molecule has 0 unspecified atom stereocenters. The van der Waals surface area contributed by atoms with Gasteiger partial charge >= 0.3 is 0 Å². The van der Waals surface area contributed by atoms with Gasteiger partial charge in [-0.05, 0) is 67.4 Å². The first-order valence-corrected chi connectivity index (χ1v) is 12.4. The molecule has 0 aliphatic heterocycles. The number of nitrogens with zero attached hydrogens (tertiary/aromatic N) is 1. The molecule has 0 saturated carbocycles. The number of carbonyl (C=O) groups is 1. The third kappa shape index (κ3) is 8.17. The van der Waals surface area contributed by atoms with Crippen molar-refractivity contribution < 1.29 is 23.7 Å². The minimum atomic E-state index is -0.411. The van der Waals surface area contributed by atoms with E-state index in [1.807, 2.05) is 26.0 Å². The van der Waals surface area contributed by atoms with Crippen LogP contribution in [0.4, 0.5) is 0 Å². The maximum absolute atomic E-state index is 12.6. The lowest BCUT2D eigenvalue weighted by Gasteiger charge is -2.14. The number of carbonyl (C=O) groups excluding carboxylic acids is 1. The Morgan fingerprint density at radius 3 is 2.35 bits per heavy atom. The Balaban J connectivity index is 1.70. The number of hydrogen-bond donors (Lipinski definition) is 1. The molecule has 3 aromatic rings. The summed E-state index contributed by atoms with van der Waals surface area (Å²) in [5.74, 6) is 1.46. The molecule has 1 amide bonds. The van der Waals surface area contributed by atoms with Crippen molar-refractivity contribution in [2.45, 2.75) is 20.5 Å². The quantitative estimate of drug-likeness (QED) is 0.148. The molecule has 0 bridgehead atoms. The third-order valence-electron chi connectivity index (χ3n) is 4.87. The Kier molecular flexibility index (Phi) is 10.7. The van der Waals surface area contributed by atoms with Crippen molar-refractivity contribution in [1.82, 2.24) is 5.43 Å². The molecule has 0 fully saturated rings. The largest absolute Gasteiger partial charge is 0.490 e. The van der Waals surface area contributed by atoms with Gasteiger partial charge in [0.05, 0.1) is 24.5 Å². The zero-order valence-electron chi connectivity index (χ0n) is 20.6. The number of amides is 1. The molecule has 0 heterocycles. The first kappa shape index (κ1) is 27.9. The van der Waals surface area contributed by atoms with E-state index >= 15 is 0 Å². The summed E-state index contributed by atoms with van der Waals surface area (Å²) in [5, 5.41) is 5.06. The summed E-state index contributed by atoms with van der Waals surface area (Å²) in [6.07, 6.45) is 3.10. The Bertz CT molecular complexity index is 1250. The molecule has 0 spiro atoms. The molecule has 37 heavy (non-hydrogen) atoms. The highest BCUT2D eigenvalue weighted by Gasteiger charge is 2.14. The van der Waals surface area contributed by atoms with E-state index in [0.29, 0.717) is 70.6 Å². The second-order valence-corrected chi connectivity index (χ2v) is 8.42. The van der Waals surface area contributed by atoms with Crippen molar-refractivity contribution in [3.63, 3.8) is 0 Å². The first-order valence-electron chi connectivity index (χ1n) is 11.6. The number of rotatable bonds is 13. The smallest absolute Gasteiger partial charge is 0.271 e. The Morgan fingerprint density at radius 2 is 1.65 bits per heavy atom. The summed E-state index contributed by atoms with van der Waals surface area (Å²) in [5.41, 5.74) is 4.43. The number of benzene rings is 3. The highest BCUT2D eigenvalue weighted by atomic mass is 35.5. The van der Waals surface area contributed by atoms with Crippen LogP contribution in [0.1, 0.15) is 35.3 Å². The van der Waals surface area contributed by atoms with Crippen LogP contribution in [0.25, 0.3) is 0 Å². The van der Waals surface area contributed by atoms with Gasteiger partial charge in [-0.2, -0.15) is 5.10 Å². The fraction of sp³-hybridized carbons (Fsp3) is 0.214. The molecule has 0 atom stereocenters. The van der Waals surface area contributed by atoms with Crippen LogP contribution < -0.4 is 24.4 Å². The van der Waals surface area contributed by atoms with E-state index in [0.717, 1.165) is 5.56 Å². The van der Waals surface area contributed by atoms with E-state index in [1.165, 1.54) is 6.21 Å². The van der Waals surface area contributed by atoms with Crippen LogP contribution in [-0.2, 0) is 6.61 Å². The van der Waals surface area contributed by atoms with Gasteiger partial charge < -0.3 is 18.9 Å². The third-order valence-corrected chi connectivity index (χ3v) is 5.40. The SMILES string of the molecule is C=CCOc1ccc(C(=O)N/N=C/c2cc(Cl)c(OCc3ccc(Cl)cc3)c(OCC)c2)cc1OCC. The van der Waals surface area contributed by atoms with Crippen molar-refractivity contribution in [2.75, 3.05) is 19.8 Å². The van der Waals surface area contributed by atoms with Crippen molar-refractivity contribution >= 4 is 35.3 Å². The topological polar surface area (TPSA) is 78.4 Å². The number of hydrazone groups is 1. The van der Waals surface area contributed by atoms with Crippen LogP contribution in [0.5, 0.6) is 23.0 Å². The minimum absolute atomic E-state index is 0.293. The predicted octanol–water partition coefficient (Wildman–Crippen LogP) is 6.70. The van der Waals surface area contributed by atoms with Crippen LogP contribution >= 0.6 is 23.2 Å². The summed E-state index contributed by atoms with van der Waals surface area (Å²) in [6.45, 7) is 8.81. The number of nitrogens with one attached hydrogen (secondary N) is 1. The average molecular weight is 543 g/mol. The molecule has 0 aliphatic rings. The monoisotopic (exact) mass is 542 g/mol. The molecule has 1 N–H and O–H groups in total. The van der Waals surface area contributed by atoms with Gasteiger partial charge in [0.15, 0.2) is 23.0 Å². The fourth-order valence-corrected chi connectivity index (χ4v) is 3.62.